The fraction of sp³-hybridized carbons (Fsp3) is 0.812. The molecule has 5 heteroatoms. The first-order chi connectivity index (χ1) is 9.76. The molecule has 0 atom stereocenters. The Labute approximate surface area is 147 Å². The van der Waals surface area contributed by atoms with Gasteiger partial charge in [0.2, 0.25) is 0 Å². The lowest BCUT2D eigenvalue weighted by Crippen LogP contribution is -2.43. The molecule has 0 aliphatic heterocycles. The van der Waals surface area contributed by atoms with E-state index in [4.69, 9.17) is 4.74 Å². The Morgan fingerprint density at radius 1 is 1.29 bits per heavy atom. The molecule has 124 valence electrons. The molecule has 0 radical (unpaired) electrons. The van der Waals surface area contributed by atoms with E-state index in [1.807, 2.05) is 14.0 Å². The Morgan fingerprint density at radius 2 is 2.00 bits per heavy atom. The van der Waals surface area contributed by atoms with E-state index in [2.05, 4.69) is 27.8 Å². The lowest BCUT2D eigenvalue weighted by molar-refractivity contribution is 0.138. The molecular formula is C16H32IN3O. The number of nitrogens with one attached hydrogen (secondary N) is 2. The van der Waals surface area contributed by atoms with Crippen LogP contribution in [-0.4, -0.2) is 39.8 Å². The quantitative estimate of drug-likeness (QED) is 0.213. The molecule has 0 aromatic rings. The highest BCUT2D eigenvalue weighted by molar-refractivity contribution is 14.0. The van der Waals surface area contributed by atoms with E-state index < -0.39 is 0 Å². The van der Waals surface area contributed by atoms with Crippen LogP contribution >= 0.6 is 24.0 Å². The Bertz CT molecular complexity index is 313. The fourth-order valence-electron chi connectivity index (χ4n) is 2.89. The summed E-state index contributed by atoms with van der Waals surface area (Å²) in [6, 6.07) is 0. The SMILES string of the molecule is C/C=C/CCNC(=NC)NCC1(CCOC)CCCC1.I. The van der Waals surface area contributed by atoms with Crippen LogP contribution in [0, 0.1) is 5.41 Å². The normalized spacial score (nSPS) is 17.8. The molecule has 2 N–H and O–H groups in total. The summed E-state index contributed by atoms with van der Waals surface area (Å²) < 4.78 is 5.27. The van der Waals surface area contributed by atoms with Gasteiger partial charge >= 0.3 is 0 Å². The summed E-state index contributed by atoms with van der Waals surface area (Å²) in [5, 5.41) is 6.86. The lowest BCUT2D eigenvalue weighted by atomic mass is 9.83. The average molecular weight is 409 g/mol. The molecule has 0 aromatic heterocycles. The highest BCUT2D eigenvalue weighted by atomic mass is 127. The highest BCUT2D eigenvalue weighted by Crippen LogP contribution is 2.40. The van der Waals surface area contributed by atoms with Crippen LogP contribution in [0.15, 0.2) is 17.1 Å². The van der Waals surface area contributed by atoms with Crippen LogP contribution in [0.4, 0.5) is 0 Å². The van der Waals surface area contributed by atoms with Crippen molar-refractivity contribution in [1.29, 1.82) is 0 Å². The van der Waals surface area contributed by atoms with E-state index in [-0.39, 0.29) is 24.0 Å². The molecule has 0 spiro atoms. The van der Waals surface area contributed by atoms with Gasteiger partial charge in [-0.25, -0.2) is 0 Å². The van der Waals surface area contributed by atoms with Crippen LogP contribution in [0.25, 0.3) is 0 Å². The van der Waals surface area contributed by atoms with Crippen molar-refractivity contribution in [3.63, 3.8) is 0 Å². The summed E-state index contributed by atoms with van der Waals surface area (Å²) in [4.78, 5) is 4.30. The van der Waals surface area contributed by atoms with Crippen LogP contribution < -0.4 is 10.6 Å². The zero-order chi connectivity index (χ0) is 14.7. The van der Waals surface area contributed by atoms with Crippen molar-refractivity contribution in [2.75, 3.05) is 33.9 Å². The molecule has 0 amide bonds. The predicted molar refractivity (Wildman–Crippen MR) is 102 cm³/mol. The molecule has 0 aromatic carbocycles. The summed E-state index contributed by atoms with van der Waals surface area (Å²) in [6.45, 7) is 4.83. The summed E-state index contributed by atoms with van der Waals surface area (Å²) in [7, 11) is 3.62. The standard InChI is InChI=1S/C16H31N3O.HI/c1-4-5-8-12-18-15(17-2)19-14-16(11-13-20-3)9-6-7-10-16;/h4-5H,6-14H2,1-3H3,(H2,17,18,19);1H/b5-4+;. The summed E-state index contributed by atoms with van der Waals surface area (Å²) in [5.41, 5.74) is 0.400. The maximum atomic E-state index is 5.27. The van der Waals surface area contributed by atoms with Gasteiger partial charge in [0.25, 0.3) is 0 Å². The fourth-order valence-corrected chi connectivity index (χ4v) is 2.89. The van der Waals surface area contributed by atoms with Gasteiger partial charge in [0.05, 0.1) is 0 Å². The zero-order valence-electron chi connectivity index (χ0n) is 13.8. The summed E-state index contributed by atoms with van der Waals surface area (Å²) in [5.74, 6) is 0.915. The third kappa shape index (κ3) is 8.04. The van der Waals surface area contributed by atoms with Crippen LogP contribution in [-0.2, 0) is 4.74 Å². The largest absolute Gasteiger partial charge is 0.385 e. The van der Waals surface area contributed by atoms with Crippen molar-refractivity contribution >= 4 is 29.9 Å². The molecular weight excluding hydrogens is 377 g/mol. The van der Waals surface area contributed by atoms with Gasteiger partial charge in [-0.05, 0) is 38.0 Å². The minimum atomic E-state index is 0. The first kappa shape index (κ1) is 20.7. The molecule has 1 aliphatic rings. The van der Waals surface area contributed by atoms with Crippen molar-refractivity contribution < 1.29 is 4.74 Å². The smallest absolute Gasteiger partial charge is 0.191 e. The minimum absolute atomic E-state index is 0. The average Bonchev–Trinajstić information content (AvgIpc) is 2.94. The molecule has 0 bridgehead atoms. The summed E-state index contributed by atoms with van der Waals surface area (Å²) in [6.07, 6.45) is 11.7. The van der Waals surface area contributed by atoms with Gasteiger partial charge in [-0.3, -0.25) is 4.99 Å². The van der Waals surface area contributed by atoms with Crippen molar-refractivity contribution in [3.8, 4) is 0 Å². The number of ether oxygens (including phenoxy) is 1. The van der Waals surface area contributed by atoms with E-state index in [1.165, 1.54) is 25.7 Å². The van der Waals surface area contributed by atoms with E-state index in [0.717, 1.165) is 38.5 Å². The Kier molecular flexibility index (Phi) is 12.1. The third-order valence-electron chi connectivity index (χ3n) is 4.19. The maximum Gasteiger partial charge on any atom is 0.191 e. The number of hydrogen-bond donors (Lipinski definition) is 2. The van der Waals surface area contributed by atoms with Gasteiger partial charge in [-0.1, -0.05) is 25.0 Å². The van der Waals surface area contributed by atoms with Gasteiger partial charge in [-0.2, -0.15) is 0 Å². The first-order valence-electron chi connectivity index (χ1n) is 7.81. The second-order valence-electron chi connectivity index (χ2n) is 5.66. The van der Waals surface area contributed by atoms with Crippen LogP contribution in [0.3, 0.4) is 0 Å². The number of nitrogens with zero attached hydrogens (tertiary/aromatic N) is 1. The number of aliphatic imine (C=N–C) groups is 1. The second-order valence-corrected chi connectivity index (χ2v) is 5.66. The van der Waals surface area contributed by atoms with Crippen molar-refractivity contribution in [1.82, 2.24) is 10.6 Å². The minimum Gasteiger partial charge on any atom is -0.385 e. The van der Waals surface area contributed by atoms with Crippen molar-refractivity contribution in [3.05, 3.63) is 12.2 Å². The lowest BCUT2D eigenvalue weighted by Gasteiger charge is -2.29. The highest BCUT2D eigenvalue weighted by Gasteiger charge is 2.33. The number of rotatable bonds is 8. The van der Waals surface area contributed by atoms with Crippen molar-refractivity contribution in [2.45, 2.75) is 45.4 Å². The maximum absolute atomic E-state index is 5.27. The Hall–Kier alpha value is -0.300. The third-order valence-corrected chi connectivity index (χ3v) is 4.19. The van der Waals surface area contributed by atoms with E-state index in [9.17, 15) is 0 Å². The van der Waals surface area contributed by atoms with E-state index >= 15 is 0 Å². The molecule has 1 saturated carbocycles. The van der Waals surface area contributed by atoms with Crippen LogP contribution in [0.1, 0.15) is 45.4 Å². The molecule has 1 rings (SSSR count). The van der Waals surface area contributed by atoms with Gasteiger partial charge in [-0.15, -0.1) is 24.0 Å². The Morgan fingerprint density at radius 3 is 2.57 bits per heavy atom. The topological polar surface area (TPSA) is 45.7 Å². The number of methoxy groups -OCH3 is 1. The van der Waals surface area contributed by atoms with Gasteiger partial charge in [0.1, 0.15) is 0 Å². The van der Waals surface area contributed by atoms with E-state index in [0.29, 0.717) is 5.41 Å². The monoisotopic (exact) mass is 409 g/mol. The van der Waals surface area contributed by atoms with Gasteiger partial charge < -0.3 is 15.4 Å². The van der Waals surface area contributed by atoms with Crippen molar-refractivity contribution in [2.24, 2.45) is 10.4 Å². The summed E-state index contributed by atoms with van der Waals surface area (Å²) >= 11 is 0. The molecule has 4 nitrogen and oxygen atoms in total. The van der Waals surface area contributed by atoms with Gasteiger partial charge in [0.15, 0.2) is 5.96 Å². The molecule has 0 saturated heterocycles. The van der Waals surface area contributed by atoms with Gasteiger partial charge in [0, 0.05) is 33.9 Å². The number of allylic oxidation sites excluding steroid dienone is 1. The number of halogens is 1. The molecule has 1 aliphatic carbocycles. The molecule has 1 fully saturated rings. The van der Waals surface area contributed by atoms with Crippen LogP contribution in [0.2, 0.25) is 0 Å². The number of guanidine groups is 1. The molecule has 0 heterocycles. The van der Waals surface area contributed by atoms with E-state index in [1.54, 1.807) is 7.11 Å². The zero-order valence-corrected chi connectivity index (χ0v) is 16.1. The van der Waals surface area contributed by atoms with Crippen LogP contribution in [0.5, 0.6) is 0 Å². The first-order valence-corrected chi connectivity index (χ1v) is 7.81. The molecule has 0 unspecified atom stereocenters. The Balaban J connectivity index is 0.00000400. The second kappa shape index (κ2) is 12.3. The number of hydrogen-bond acceptors (Lipinski definition) is 2. The predicted octanol–water partition coefficient (Wildman–Crippen LogP) is 3.33. The molecule has 21 heavy (non-hydrogen) atoms.